The molecule has 0 amide bonds. The second-order valence-corrected chi connectivity index (χ2v) is 3.80. The van der Waals surface area contributed by atoms with E-state index in [1.807, 2.05) is 48.6 Å². The number of hydrogen-bond donors (Lipinski definition) is 1. The second-order valence-electron chi connectivity index (χ2n) is 3.42. The zero-order chi connectivity index (χ0) is 11.4. The Morgan fingerprint density at radius 1 is 0.875 bits per heavy atom. The van der Waals surface area contributed by atoms with Crippen LogP contribution in [0.4, 0.5) is 0 Å². The summed E-state index contributed by atoms with van der Waals surface area (Å²) in [6, 6.07) is 15.1. The molecule has 0 atom stereocenters. The van der Waals surface area contributed by atoms with Crippen LogP contribution in [0.15, 0.2) is 48.5 Å². The lowest BCUT2D eigenvalue weighted by Gasteiger charge is -2.00. The third-order valence-corrected chi connectivity index (χ3v) is 2.67. The van der Waals surface area contributed by atoms with Crippen molar-refractivity contribution in [1.29, 1.82) is 0 Å². The molecule has 2 aromatic carbocycles. The smallest absolute Gasteiger partial charge is 0.134 e. The van der Waals surface area contributed by atoms with Gasteiger partial charge in [0.05, 0.1) is 5.02 Å². The van der Waals surface area contributed by atoms with Crippen molar-refractivity contribution in [2.45, 2.75) is 0 Å². The molecule has 0 bridgehead atoms. The molecule has 0 heterocycles. The normalized spacial score (nSPS) is 10.8. The lowest BCUT2D eigenvalue weighted by Crippen LogP contribution is -1.76. The Morgan fingerprint density at radius 3 is 2.38 bits per heavy atom. The van der Waals surface area contributed by atoms with Crippen molar-refractivity contribution >= 4 is 23.8 Å². The fraction of sp³-hybridized carbons (Fsp3) is 0. The second kappa shape index (κ2) is 4.86. The number of aromatic hydroxyl groups is 1. The summed E-state index contributed by atoms with van der Waals surface area (Å²) in [7, 11) is 0. The zero-order valence-electron chi connectivity index (χ0n) is 8.60. The van der Waals surface area contributed by atoms with E-state index in [2.05, 4.69) is 0 Å². The number of benzene rings is 2. The van der Waals surface area contributed by atoms with Gasteiger partial charge in [-0.15, -0.1) is 0 Å². The topological polar surface area (TPSA) is 20.2 Å². The van der Waals surface area contributed by atoms with Crippen molar-refractivity contribution in [3.8, 4) is 5.75 Å². The van der Waals surface area contributed by atoms with Gasteiger partial charge in [0.1, 0.15) is 5.75 Å². The fourth-order valence-corrected chi connectivity index (χ4v) is 1.60. The standard InChI is InChI=1S/C14H11ClO/c15-14-12(7-4-8-13(14)16)10-9-11-5-2-1-3-6-11/h1-10,16H. The Bertz CT molecular complexity index is 503. The van der Waals surface area contributed by atoms with E-state index >= 15 is 0 Å². The quantitative estimate of drug-likeness (QED) is 0.766. The number of rotatable bonds is 2. The van der Waals surface area contributed by atoms with Crippen molar-refractivity contribution in [2.24, 2.45) is 0 Å². The Hall–Kier alpha value is -1.73. The minimum Gasteiger partial charge on any atom is -0.506 e. The molecule has 1 nitrogen and oxygen atoms in total. The highest BCUT2D eigenvalue weighted by Crippen LogP contribution is 2.27. The van der Waals surface area contributed by atoms with Crippen molar-refractivity contribution in [2.75, 3.05) is 0 Å². The number of hydrogen-bond acceptors (Lipinski definition) is 1. The van der Waals surface area contributed by atoms with Crippen LogP contribution in [-0.4, -0.2) is 5.11 Å². The molecule has 0 unspecified atom stereocenters. The molecule has 2 aromatic rings. The minimum absolute atomic E-state index is 0.108. The van der Waals surface area contributed by atoms with Gasteiger partial charge in [0.15, 0.2) is 0 Å². The molecule has 80 valence electrons. The van der Waals surface area contributed by atoms with Crippen LogP contribution in [0.5, 0.6) is 5.75 Å². The molecular formula is C14H11ClO. The number of phenolic OH excluding ortho intramolecular Hbond substituents is 1. The van der Waals surface area contributed by atoms with E-state index in [0.29, 0.717) is 5.02 Å². The SMILES string of the molecule is Oc1cccc(C=Cc2ccccc2)c1Cl. The average molecular weight is 231 g/mol. The average Bonchev–Trinajstić information content (AvgIpc) is 2.32. The van der Waals surface area contributed by atoms with Crippen molar-refractivity contribution in [1.82, 2.24) is 0 Å². The predicted molar refractivity (Wildman–Crippen MR) is 68.5 cm³/mol. The van der Waals surface area contributed by atoms with E-state index in [9.17, 15) is 5.11 Å². The molecule has 0 saturated heterocycles. The summed E-state index contributed by atoms with van der Waals surface area (Å²) in [5.74, 6) is 0.108. The van der Waals surface area contributed by atoms with Gasteiger partial charge in [0.25, 0.3) is 0 Å². The third-order valence-electron chi connectivity index (χ3n) is 2.26. The highest BCUT2D eigenvalue weighted by Gasteiger charge is 2.00. The van der Waals surface area contributed by atoms with E-state index in [1.54, 1.807) is 12.1 Å². The molecule has 1 N–H and O–H groups in total. The Morgan fingerprint density at radius 2 is 1.62 bits per heavy atom. The van der Waals surface area contributed by atoms with E-state index in [0.717, 1.165) is 11.1 Å². The predicted octanol–water partition coefficient (Wildman–Crippen LogP) is 4.22. The van der Waals surface area contributed by atoms with Crippen molar-refractivity contribution < 1.29 is 5.11 Å². The summed E-state index contributed by atoms with van der Waals surface area (Å²) in [4.78, 5) is 0. The number of phenols is 1. The summed E-state index contributed by atoms with van der Waals surface area (Å²) in [5, 5.41) is 9.82. The van der Waals surface area contributed by atoms with Crippen LogP contribution in [0.2, 0.25) is 5.02 Å². The molecule has 0 fully saturated rings. The van der Waals surface area contributed by atoms with Gasteiger partial charge in [-0.05, 0) is 17.2 Å². The molecule has 0 aliphatic heterocycles. The Kier molecular flexibility index (Phi) is 3.28. The first-order chi connectivity index (χ1) is 7.77. The molecule has 0 aliphatic rings. The Labute approximate surface area is 99.6 Å². The molecule has 0 saturated carbocycles. The summed E-state index contributed by atoms with van der Waals surface area (Å²) in [6.07, 6.45) is 3.85. The molecular weight excluding hydrogens is 220 g/mol. The van der Waals surface area contributed by atoms with Crippen LogP contribution in [0.3, 0.4) is 0 Å². The highest BCUT2D eigenvalue weighted by atomic mass is 35.5. The number of halogens is 1. The van der Waals surface area contributed by atoms with Gasteiger partial charge < -0.3 is 5.11 Å². The van der Waals surface area contributed by atoms with Crippen LogP contribution in [0, 0.1) is 0 Å². The monoisotopic (exact) mass is 230 g/mol. The van der Waals surface area contributed by atoms with E-state index in [-0.39, 0.29) is 5.75 Å². The Balaban J connectivity index is 2.28. The summed E-state index contributed by atoms with van der Waals surface area (Å²) >= 11 is 5.96. The first kappa shape index (κ1) is 10.8. The van der Waals surface area contributed by atoms with Crippen LogP contribution >= 0.6 is 11.6 Å². The maximum absolute atomic E-state index is 9.43. The first-order valence-electron chi connectivity index (χ1n) is 4.98. The largest absolute Gasteiger partial charge is 0.506 e. The van der Waals surface area contributed by atoms with Gasteiger partial charge in [0.2, 0.25) is 0 Å². The summed E-state index contributed by atoms with van der Waals surface area (Å²) in [6.45, 7) is 0. The maximum Gasteiger partial charge on any atom is 0.134 e. The van der Waals surface area contributed by atoms with Gasteiger partial charge in [-0.1, -0.05) is 66.2 Å². The third kappa shape index (κ3) is 2.44. The van der Waals surface area contributed by atoms with Crippen LogP contribution in [0.1, 0.15) is 11.1 Å². The molecule has 0 radical (unpaired) electrons. The van der Waals surface area contributed by atoms with E-state index in [1.165, 1.54) is 0 Å². The van der Waals surface area contributed by atoms with Gasteiger partial charge in [-0.25, -0.2) is 0 Å². The van der Waals surface area contributed by atoms with Crippen molar-refractivity contribution in [3.05, 3.63) is 64.7 Å². The molecule has 2 rings (SSSR count). The van der Waals surface area contributed by atoms with Crippen LogP contribution < -0.4 is 0 Å². The highest BCUT2D eigenvalue weighted by molar-refractivity contribution is 6.33. The van der Waals surface area contributed by atoms with Gasteiger partial charge in [-0.3, -0.25) is 0 Å². The summed E-state index contributed by atoms with van der Waals surface area (Å²) < 4.78 is 0. The molecule has 0 aliphatic carbocycles. The fourth-order valence-electron chi connectivity index (χ4n) is 1.42. The van der Waals surface area contributed by atoms with Gasteiger partial charge in [0, 0.05) is 0 Å². The van der Waals surface area contributed by atoms with E-state index in [4.69, 9.17) is 11.6 Å². The van der Waals surface area contributed by atoms with Crippen LogP contribution in [-0.2, 0) is 0 Å². The molecule has 0 spiro atoms. The molecule has 2 heteroatoms. The van der Waals surface area contributed by atoms with Gasteiger partial charge in [-0.2, -0.15) is 0 Å². The minimum atomic E-state index is 0.108. The van der Waals surface area contributed by atoms with Crippen molar-refractivity contribution in [3.63, 3.8) is 0 Å². The van der Waals surface area contributed by atoms with Crippen LogP contribution in [0.25, 0.3) is 12.2 Å². The lowest BCUT2D eigenvalue weighted by molar-refractivity contribution is 0.475. The zero-order valence-corrected chi connectivity index (χ0v) is 9.35. The maximum atomic E-state index is 9.43. The summed E-state index contributed by atoms with van der Waals surface area (Å²) in [5.41, 5.74) is 1.91. The van der Waals surface area contributed by atoms with Gasteiger partial charge >= 0.3 is 0 Å². The molecule has 0 aromatic heterocycles. The molecule has 16 heavy (non-hydrogen) atoms. The van der Waals surface area contributed by atoms with E-state index < -0.39 is 0 Å². The lowest BCUT2D eigenvalue weighted by atomic mass is 10.1. The first-order valence-corrected chi connectivity index (χ1v) is 5.36.